The maximum Gasteiger partial charge on any atom is 0.269 e. The van der Waals surface area contributed by atoms with Crippen LogP contribution in [-0.2, 0) is 13.5 Å². The molecular formula is C9H17N3O. The van der Waals surface area contributed by atoms with Gasteiger partial charge in [0.25, 0.3) is 5.56 Å². The highest BCUT2D eigenvalue weighted by molar-refractivity contribution is 5.17. The Balaban J connectivity index is 3.04. The molecule has 0 bridgehead atoms. The van der Waals surface area contributed by atoms with Crippen molar-refractivity contribution in [2.24, 2.45) is 12.8 Å². The van der Waals surface area contributed by atoms with Crippen molar-refractivity contribution in [3.05, 3.63) is 21.6 Å². The molecule has 0 fully saturated rings. The van der Waals surface area contributed by atoms with Crippen molar-refractivity contribution in [1.29, 1.82) is 0 Å². The summed E-state index contributed by atoms with van der Waals surface area (Å²) < 4.78 is 1.48. The summed E-state index contributed by atoms with van der Waals surface area (Å²) in [5, 5.41) is 2.99. The Hall–Kier alpha value is -1.03. The number of nitrogens with one attached hydrogen (secondary N) is 1. The SMILES string of the molecule is Cc1c(CC(C)(C)N)[nH]n(C)c1=O. The van der Waals surface area contributed by atoms with Crippen LogP contribution in [0.5, 0.6) is 0 Å². The van der Waals surface area contributed by atoms with Gasteiger partial charge in [0.1, 0.15) is 0 Å². The van der Waals surface area contributed by atoms with Crippen LogP contribution >= 0.6 is 0 Å². The first-order valence-corrected chi connectivity index (χ1v) is 4.34. The van der Waals surface area contributed by atoms with E-state index in [9.17, 15) is 4.79 Å². The number of rotatable bonds is 2. The highest BCUT2D eigenvalue weighted by atomic mass is 16.1. The minimum absolute atomic E-state index is 0.0271. The fourth-order valence-electron chi connectivity index (χ4n) is 1.35. The molecule has 74 valence electrons. The summed E-state index contributed by atoms with van der Waals surface area (Å²) in [6, 6.07) is 0. The molecule has 1 aromatic heterocycles. The van der Waals surface area contributed by atoms with Gasteiger partial charge < -0.3 is 5.73 Å². The molecule has 0 aliphatic heterocycles. The van der Waals surface area contributed by atoms with Gasteiger partial charge in [0.15, 0.2) is 0 Å². The molecule has 0 amide bonds. The maximum atomic E-state index is 11.4. The molecule has 0 aliphatic rings. The zero-order valence-corrected chi connectivity index (χ0v) is 8.64. The van der Waals surface area contributed by atoms with Crippen LogP contribution < -0.4 is 11.3 Å². The van der Waals surface area contributed by atoms with Crippen LogP contribution in [0.4, 0.5) is 0 Å². The summed E-state index contributed by atoms with van der Waals surface area (Å²) in [6.45, 7) is 5.70. The Morgan fingerprint density at radius 2 is 2.08 bits per heavy atom. The standard InChI is InChI=1S/C9H17N3O/c1-6-7(5-9(2,3)10)11-12(4)8(6)13/h11H,5,10H2,1-4H3. The van der Waals surface area contributed by atoms with Gasteiger partial charge in [-0.05, 0) is 20.8 Å². The molecular weight excluding hydrogens is 166 g/mol. The summed E-state index contributed by atoms with van der Waals surface area (Å²) in [5.74, 6) is 0. The lowest BCUT2D eigenvalue weighted by Gasteiger charge is -2.17. The number of aromatic amines is 1. The summed E-state index contributed by atoms with van der Waals surface area (Å²) in [5.41, 5.74) is 7.30. The van der Waals surface area contributed by atoms with Crippen LogP contribution in [0, 0.1) is 6.92 Å². The molecule has 0 radical (unpaired) electrons. The number of H-pyrrole nitrogens is 1. The van der Waals surface area contributed by atoms with Gasteiger partial charge in [0, 0.05) is 30.3 Å². The van der Waals surface area contributed by atoms with E-state index < -0.39 is 0 Å². The zero-order valence-electron chi connectivity index (χ0n) is 8.64. The van der Waals surface area contributed by atoms with E-state index in [4.69, 9.17) is 5.73 Å². The Labute approximate surface area is 77.7 Å². The van der Waals surface area contributed by atoms with Crippen LogP contribution in [0.15, 0.2) is 4.79 Å². The number of hydrogen-bond donors (Lipinski definition) is 2. The predicted octanol–water partition coefficient (Wildman–Crippen LogP) is 0.302. The van der Waals surface area contributed by atoms with Crippen molar-refractivity contribution in [1.82, 2.24) is 9.78 Å². The highest BCUT2D eigenvalue weighted by Crippen LogP contribution is 2.08. The minimum atomic E-state index is -0.283. The molecule has 0 aliphatic carbocycles. The van der Waals surface area contributed by atoms with Crippen molar-refractivity contribution >= 4 is 0 Å². The number of nitrogens with zero attached hydrogens (tertiary/aromatic N) is 1. The molecule has 1 rings (SSSR count). The molecule has 0 saturated carbocycles. The van der Waals surface area contributed by atoms with Crippen LogP contribution in [0.1, 0.15) is 25.1 Å². The molecule has 0 saturated heterocycles. The topological polar surface area (TPSA) is 63.8 Å². The smallest absolute Gasteiger partial charge is 0.269 e. The third-order valence-corrected chi connectivity index (χ3v) is 2.01. The molecule has 0 aromatic carbocycles. The van der Waals surface area contributed by atoms with Gasteiger partial charge in [-0.2, -0.15) is 0 Å². The Morgan fingerprint density at radius 3 is 2.38 bits per heavy atom. The van der Waals surface area contributed by atoms with Crippen LogP contribution in [0.25, 0.3) is 0 Å². The lowest BCUT2D eigenvalue weighted by atomic mass is 9.98. The van der Waals surface area contributed by atoms with E-state index >= 15 is 0 Å². The first-order valence-electron chi connectivity index (χ1n) is 4.34. The second kappa shape index (κ2) is 3.03. The molecule has 0 unspecified atom stereocenters. The van der Waals surface area contributed by atoms with Gasteiger partial charge in [-0.15, -0.1) is 0 Å². The third-order valence-electron chi connectivity index (χ3n) is 2.01. The minimum Gasteiger partial charge on any atom is -0.325 e. The van der Waals surface area contributed by atoms with Gasteiger partial charge in [0.05, 0.1) is 0 Å². The molecule has 0 atom stereocenters. The van der Waals surface area contributed by atoms with Crippen molar-refractivity contribution in [2.45, 2.75) is 32.7 Å². The van der Waals surface area contributed by atoms with Gasteiger partial charge in [-0.3, -0.25) is 14.6 Å². The zero-order chi connectivity index (χ0) is 10.2. The van der Waals surface area contributed by atoms with Crippen LogP contribution in [0.3, 0.4) is 0 Å². The van der Waals surface area contributed by atoms with E-state index in [1.807, 2.05) is 20.8 Å². The Kier molecular flexibility index (Phi) is 2.34. The van der Waals surface area contributed by atoms with Crippen molar-refractivity contribution < 1.29 is 0 Å². The van der Waals surface area contributed by atoms with Crippen molar-refractivity contribution in [3.8, 4) is 0 Å². The largest absolute Gasteiger partial charge is 0.325 e. The number of nitrogens with two attached hydrogens (primary N) is 1. The van der Waals surface area contributed by atoms with Crippen molar-refractivity contribution in [2.75, 3.05) is 0 Å². The summed E-state index contributed by atoms with van der Waals surface area (Å²) >= 11 is 0. The molecule has 1 aromatic rings. The predicted molar refractivity (Wildman–Crippen MR) is 52.7 cm³/mol. The number of aryl methyl sites for hydroxylation is 1. The fraction of sp³-hybridized carbons (Fsp3) is 0.667. The Bertz CT molecular complexity index is 354. The highest BCUT2D eigenvalue weighted by Gasteiger charge is 2.16. The number of hydrogen-bond acceptors (Lipinski definition) is 2. The van der Waals surface area contributed by atoms with Crippen LogP contribution in [-0.4, -0.2) is 15.3 Å². The average molecular weight is 183 g/mol. The van der Waals surface area contributed by atoms with E-state index in [1.165, 1.54) is 4.68 Å². The second-order valence-electron chi connectivity index (χ2n) is 4.24. The quantitative estimate of drug-likeness (QED) is 0.692. The van der Waals surface area contributed by atoms with E-state index in [1.54, 1.807) is 7.05 Å². The summed E-state index contributed by atoms with van der Waals surface area (Å²) in [7, 11) is 1.71. The van der Waals surface area contributed by atoms with E-state index in [2.05, 4.69) is 5.10 Å². The lowest BCUT2D eigenvalue weighted by Crippen LogP contribution is -2.34. The monoisotopic (exact) mass is 183 g/mol. The molecule has 4 nitrogen and oxygen atoms in total. The molecule has 4 heteroatoms. The van der Waals surface area contributed by atoms with Gasteiger partial charge in [-0.25, -0.2) is 0 Å². The average Bonchev–Trinajstić information content (AvgIpc) is 2.15. The molecule has 13 heavy (non-hydrogen) atoms. The van der Waals surface area contributed by atoms with Gasteiger partial charge in [0.2, 0.25) is 0 Å². The van der Waals surface area contributed by atoms with Gasteiger partial charge >= 0.3 is 0 Å². The summed E-state index contributed by atoms with van der Waals surface area (Å²) in [6.07, 6.45) is 0.689. The van der Waals surface area contributed by atoms with Crippen molar-refractivity contribution in [3.63, 3.8) is 0 Å². The van der Waals surface area contributed by atoms with E-state index in [0.717, 1.165) is 11.3 Å². The fourth-order valence-corrected chi connectivity index (χ4v) is 1.35. The van der Waals surface area contributed by atoms with Crippen LogP contribution in [0.2, 0.25) is 0 Å². The molecule has 0 spiro atoms. The lowest BCUT2D eigenvalue weighted by molar-refractivity contribution is 0.505. The first kappa shape index (κ1) is 10.1. The van der Waals surface area contributed by atoms with E-state index in [-0.39, 0.29) is 11.1 Å². The van der Waals surface area contributed by atoms with E-state index in [0.29, 0.717) is 6.42 Å². The van der Waals surface area contributed by atoms with Gasteiger partial charge in [-0.1, -0.05) is 0 Å². The first-order chi connectivity index (χ1) is 5.81. The normalized spacial score (nSPS) is 12.1. The molecule has 3 N–H and O–H groups in total. The summed E-state index contributed by atoms with van der Waals surface area (Å²) in [4.78, 5) is 11.4. The third kappa shape index (κ3) is 2.21. The Morgan fingerprint density at radius 1 is 1.54 bits per heavy atom. The molecule has 1 heterocycles. The maximum absolute atomic E-state index is 11.4. The second-order valence-corrected chi connectivity index (χ2v) is 4.24. The number of aromatic nitrogens is 2.